The third-order valence-corrected chi connectivity index (χ3v) is 3.43. The minimum atomic E-state index is -0.619. The first-order valence-electron chi connectivity index (χ1n) is 5.29. The van der Waals surface area contributed by atoms with Gasteiger partial charge >= 0.3 is 0 Å². The number of benzene rings is 1. The van der Waals surface area contributed by atoms with Gasteiger partial charge in [-0.05, 0) is 49.9 Å². The second-order valence-corrected chi connectivity index (χ2v) is 5.44. The molecule has 1 amide bonds. The molecule has 4 heteroatoms. The number of amides is 1. The van der Waals surface area contributed by atoms with E-state index < -0.39 is 5.54 Å². The lowest BCUT2D eigenvalue weighted by Crippen LogP contribution is -2.38. The predicted molar refractivity (Wildman–Crippen MR) is 68.4 cm³/mol. The van der Waals surface area contributed by atoms with Crippen LogP contribution in [0.1, 0.15) is 24.0 Å². The standard InChI is InChI=1S/C12H15BrN2O/c1-7-5-9(13)6-8(2)10(7)15-11(16)12(14)3-4-12/h5-6H,3-4,14H2,1-2H3,(H,15,16). The van der Waals surface area contributed by atoms with Gasteiger partial charge in [-0.25, -0.2) is 0 Å². The van der Waals surface area contributed by atoms with E-state index in [9.17, 15) is 4.79 Å². The van der Waals surface area contributed by atoms with E-state index in [-0.39, 0.29) is 5.91 Å². The average molecular weight is 283 g/mol. The van der Waals surface area contributed by atoms with Crippen LogP contribution in [0.25, 0.3) is 0 Å². The Morgan fingerprint density at radius 1 is 1.38 bits per heavy atom. The fourth-order valence-corrected chi connectivity index (χ4v) is 2.39. The lowest BCUT2D eigenvalue weighted by Gasteiger charge is -2.15. The molecule has 1 fully saturated rings. The average Bonchev–Trinajstić information content (AvgIpc) is 2.91. The van der Waals surface area contributed by atoms with Crippen LogP contribution < -0.4 is 11.1 Å². The zero-order valence-corrected chi connectivity index (χ0v) is 11.0. The molecule has 0 heterocycles. The van der Waals surface area contributed by atoms with Crippen molar-refractivity contribution in [1.29, 1.82) is 0 Å². The summed E-state index contributed by atoms with van der Waals surface area (Å²) in [7, 11) is 0. The quantitative estimate of drug-likeness (QED) is 0.876. The fraction of sp³-hybridized carbons (Fsp3) is 0.417. The largest absolute Gasteiger partial charge is 0.324 e. The molecule has 2 rings (SSSR count). The van der Waals surface area contributed by atoms with Gasteiger partial charge < -0.3 is 11.1 Å². The van der Waals surface area contributed by atoms with Gasteiger partial charge in [-0.3, -0.25) is 4.79 Å². The first-order valence-corrected chi connectivity index (χ1v) is 6.09. The van der Waals surface area contributed by atoms with Gasteiger partial charge in [0, 0.05) is 10.2 Å². The second-order valence-electron chi connectivity index (χ2n) is 4.52. The van der Waals surface area contributed by atoms with Crippen LogP contribution in [0.5, 0.6) is 0 Å². The van der Waals surface area contributed by atoms with E-state index in [1.54, 1.807) is 0 Å². The molecule has 0 radical (unpaired) electrons. The summed E-state index contributed by atoms with van der Waals surface area (Å²) < 4.78 is 1.02. The molecule has 1 aliphatic rings. The minimum absolute atomic E-state index is 0.0685. The number of hydrogen-bond donors (Lipinski definition) is 2. The number of hydrogen-bond acceptors (Lipinski definition) is 2. The molecule has 1 aromatic carbocycles. The molecule has 3 N–H and O–H groups in total. The van der Waals surface area contributed by atoms with Gasteiger partial charge in [0.1, 0.15) is 0 Å². The molecule has 1 saturated carbocycles. The molecule has 1 aliphatic carbocycles. The van der Waals surface area contributed by atoms with Crippen molar-refractivity contribution in [2.24, 2.45) is 5.73 Å². The van der Waals surface area contributed by atoms with Crippen molar-refractivity contribution in [2.75, 3.05) is 5.32 Å². The highest BCUT2D eigenvalue weighted by Gasteiger charge is 2.46. The van der Waals surface area contributed by atoms with E-state index in [0.717, 1.165) is 34.1 Å². The second kappa shape index (κ2) is 3.86. The maximum Gasteiger partial charge on any atom is 0.244 e. The molecule has 1 aromatic rings. The Bertz CT molecular complexity index is 429. The Labute approximate surface area is 104 Å². The van der Waals surface area contributed by atoms with Crippen molar-refractivity contribution in [3.8, 4) is 0 Å². The van der Waals surface area contributed by atoms with Gasteiger partial charge in [0.2, 0.25) is 5.91 Å². The van der Waals surface area contributed by atoms with Crippen LogP contribution in [-0.4, -0.2) is 11.4 Å². The van der Waals surface area contributed by atoms with Gasteiger partial charge in [0.05, 0.1) is 5.54 Å². The van der Waals surface area contributed by atoms with Gasteiger partial charge in [-0.15, -0.1) is 0 Å². The first kappa shape index (κ1) is 11.6. The Balaban J connectivity index is 2.24. The third kappa shape index (κ3) is 2.13. The molecule has 0 spiro atoms. The molecule has 0 aromatic heterocycles. The number of rotatable bonds is 2. The summed E-state index contributed by atoms with van der Waals surface area (Å²) in [6.45, 7) is 3.95. The van der Waals surface area contributed by atoms with Crippen molar-refractivity contribution in [3.63, 3.8) is 0 Å². The van der Waals surface area contributed by atoms with E-state index in [2.05, 4.69) is 21.2 Å². The van der Waals surface area contributed by atoms with Gasteiger partial charge in [-0.2, -0.15) is 0 Å². The van der Waals surface area contributed by atoms with Crippen LogP contribution in [0.3, 0.4) is 0 Å². The van der Waals surface area contributed by atoms with Crippen LogP contribution in [0.15, 0.2) is 16.6 Å². The molecule has 0 aliphatic heterocycles. The zero-order valence-electron chi connectivity index (χ0n) is 9.43. The van der Waals surface area contributed by atoms with Crippen molar-refractivity contribution in [2.45, 2.75) is 32.2 Å². The van der Waals surface area contributed by atoms with Crippen LogP contribution in [0.4, 0.5) is 5.69 Å². The van der Waals surface area contributed by atoms with Crippen LogP contribution in [0.2, 0.25) is 0 Å². The number of aryl methyl sites for hydroxylation is 2. The van der Waals surface area contributed by atoms with Crippen LogP contribution in [-0.2, 0) is 4.79 Å². The predicted octanol–water partition coefficient (Wildman–Crippen LogP) is 2.50. The van der Waals surface area contributed by atoms with Crippen molar-refractivity contribution in [3.05, 3.63) is 27.7 Å². The van der Waals surface area contributed by atoms with Gasteiger partial charge in [0.25, 0.3) is 0 Å². The van der Waals surface area contributed by atoms with E-state index >= 15 is 0 Å². The van der Waals surface area contributed by atoms with Crippen LogP contribution in [0, 0.1) is 13.8 Å². The molecule has 0 saturated heterocycles. The lowest BCUT2D eigenvalue weighted by molar-refractivity contribution is -0.118. The third-order valence-electron chi connectivity index (χ3n) is 2.98. The molecule has 16 heavy (non-hydrogen) atoms. The topological polar surface area (TPSA) is 55.1 Å². The van der Waals surface area contributed by atoms with Crippen LogP contribution >= 0.6 is 15.9 Å². The van der Waals surface area contributed by atoms with Crippen molar-refractivity contribution < 1.29 is 4.79 Å². The monoisotopic (exact) mass is 282 g/mol. The summed E-state index contributed by atoms with van der Waals surface area (Å²) in [4.78, 5) is 11.8. The summed E-state index contributed by atoms with van der Waals surface area (Å²) in [6, 6.07) is 3.97. The number of carbonyl (C=O) groups excluding carboxylic acids is 1. The summed E-state index contributed by atoms with van der Waals surface area (Å²) in [6.07, 6.45) is 1.57. The molecule has 86 valence electrons. The summed E-state index contributed by atoms with van der Waals surface area (Å²) in [5, 5.41) is 2.92. The highest BCUT2D eigenvalue weighted by atomic mass is 79.9. The summed E-state index contributed by atoms with van der Waals surface area (Å²) >= 11 is 3.43. The zero-order chi connectivity index (χ0) is 11.9. The van der Waals surface area contributed by atoms with E-state index in [1.807, 2.05) is 26.0 Å². The number of carbonyl (C=O) groups is 1. The Morgan fingerprint density at radius 2 is 1.88 bits per heavy atom. The minimum Gasteiger partial charge on any atom is -0.324 e. The number of halogens is 1. The van der Waals surface area contributed by atoms with Gasteiger partial charge in [0.15, 0.2) is 0 Å². The Kier molecular flexibility index (Phi) is 2.80. The smallest absolute Gasteiger partial charge is 0.244 e. The van der Waals surface area contributed by atoms with Gasteiger partial charge in [-0.1, -0.05) is 15.9 Å². The molecular formula is C12H15BrN2O. The SMILES string of the molecule is Cc1cc(Br)cc(C)c1NC(=O)C1(N)CC1. The highest BCUT2D eigenvalue weighted by molar-refractivity contribution is 9.10. The normalized spacial score (nSPS) is 17.0. The number of anilines is 1. The van der Waals surface area contributed by atoms with E-state index in [4.69, 9.17) is 5.73 Å². The summed E-state index contributed by atoms with van der Waals surface area (Å²) in [5.74, 6) is -0.0685. The number of nitrogens with two attached hydrogens (primary N) is 1. The van der Waals surface area contributed by atoms with Crippen molar-refractivity contribution in [1.82, 2.24) is 0 Å². The lowest BCUT2D eigenvalue weighted by atomic mass is 10.1. The Hall–Kier alpha value is -0.870. The molecule has 0 atom stereocenters. The fourth-order valence-electron chi connectivity index (χ4n) is 1.71. The Morgan fingerprint density at radius 3 is 2.31 bits per heavy atom. The van der Waals surface area contributed by atoms with E-state index in [0.29, 0.717) is 0 Å². The molecular weight excluding hydrogens is 268 g/mol. The van der Waals surface area contributed by atoms with E-state index in [1.165, 1.54) is 0 Å². The molecule has 0 unspecified atom stereocenters. The molecule has 0 bridgehead atoms. The summed E-state index contributed by atoms with van der Waals surface area (Å²) in [5.41, 5.74) is 8.20. The molecule has 3 nitrogen and oxygen atoms in total. The number of nitrogens with one attached hydrogen (secondary N) is 1. The first-order chi connectivity index (χ1) is 7.42. The van der Waals surface area contributed by atoms with Crippen molar-refractivity contribution >= 4 is 27.5 Å². The maximum atomic E-state index is 11.8. The maximum absolute atomic E-state index is 11.8. The highest BCUT2D eigenvalue weighted by Crippen LogP contribution is 2.34.